The van der Waals surface area contributed by atoms with Crippen molar-refractivity contribution < 1.29 is 8.42 Å². The molecule has 0 saturated carbocycles. The van der Waals surface area contributed by atoms with Crippen molar-refractivity contribution in [2.24, 2.45) is 5.41 Å². The number of hydrogen-bond acceptors (Lipinski definition) is 3. The zero-order valence-corrected chi connectivity index (χ0v) is 10.4. The van der Waals surface area contributed by atoms with Gasteiger partial charge in [0.1, 0.15) is 0 Å². The predicted octanol–water partition coefficient (Wildman–Crippen LogP) is 1.15. The van der Waals surface area contributed by atoms with E-state index < -0.39 is 9.84 Å². The summed E-state index contributed by atoms with van der Waals surface area (Å²) in [7, 11) is -0.713. The number of rotatable bonds is 2. The second-order valence-corrected chi connectivity index (χ2v) is 7.76. The van der Waals surface area contributed by atoms with Crippen molar-refractivity contribution >= 4 is 9.84 Å². The molecule has 1 aliphatic heterocycles. The molecule has 1 saturated heterocycles. The van der Waals surface area contributed by atoms with Crippen LogP contribution in [-0.2, 0) is 9.84 Å². The molecule has 84 valence electrons. The van der Waals surface area contributed by atoms with Gasteiger partial charge >= 0.3 is 0 Å². The molecule has 0 aromatic carbocycles. The van der Waals surface area contributed by atoms with Crippen LogP contribution in [0.4, 0.5) is 0 Å². The quantitative estimate of drug-likeness (QED) is 0.699. The van der Waals surface area contributed by atoms with Crippen LogP contribution >= 0.6 is 0 Å². The minimum absolute atomic E-state index is 0.235. The van der Waals surface area contributed by atoms with Crippen molar-refractivity contribution in [2.45, 2.75) is 33.2 Å². The van der Waals surface area contributed by atoms with Gasteiger partial charge in [0.15, 0.2) is 9.84 Å². The van der Waals surface area contributed by atoms with E-state index >= 15 is 0 Å². The highest BCUT2D eigenvalue weighted by molar-refractivity contribution is 7.91. The Bertz CT molecular complexity index is 290. The Morgan fingerprint density at radius 1 is 1.36 bits per heavy atom. The summed E-state index contributed by atoms with van der Waals surface area (Å²) in [5.41, 5.74) is 0.237. The summed E-state index contributed by atoms with van der Waals surface area (Å²) < 4.78 is 22.6. The van der Waals surface area contributed by atoms with E-state index in [2.05, 4.69) is 25.7 Å². The minimum Gasteiger partial charge on any atom is -0.302 e. The third-order valence-electron chi connectivity index (χ3n) is 2.56. The van der Waals surface area contributed by atoms with Crippen LogP contribution in [0.15, 0.2) is 0 Å². The molecule has 1 atom stereocenters. The average molecular weight is 219 g/mol. The van der Waals surface area contributed by atoms with E-state index in [9.17, 15) is 8.42 Å². The fourth-order valence-electron chi connectivity index (χ4n) is 2.00. The van der Waals surface area contributed by atoms with Crippen molar-refractivity contribution in [1.82, 2.24) is 4.90 Å². The summed E-state index contributed by atoms with van der Waals surface area (Å²) in [6, 6.07) is 0.235. The highest BCUT2D eigenvalue weighted by Crippen LogP contribution is 2.21. The standard InChI is InChI=1S/C10H21NO2S/c1-10(2,3)8-11(4)9-5-6-14(12,13)7-9/h9H,5-8H2,1-4H3. The number of sulfone groups is 1. The average Bonchev–Trinajstić information content (AvgIpc) is 2.26. The Morgan fingerprint density at radius 3 is 2.29 bits per heavy atom. The lowest BCUT2D eigenvalue weighted by atomic mass is 9.95. The minimum atomic E-state index is -2.74. The maximum absolute atomic E-state index is 11.3. The molecule has 0 bridgehead atoms. The normalized spacial score (nSPS) is 27.1. The van der Waals surface area contributed by atoms with E-state index in [0.717, 1.165) is 13.0 Å². The first-order valence-electron chi connectivity index (χ1n) is 5.10. The molecule has 14 heavy (non-hydrogen) atoms. The smallest absolute Gasteiger partial charge is 0.151 e. The van der Waals surface area contributed by atoms with Crippen molar-refractivity contribution in [3.63, 3.8) is 0 Å². The predicted molar refractivity (Wildman–Crippen MR) is 59.1 cm³/mol. The Morgan fingerprint density at radius 2 is 1.93 bits per heavy atom. The van der Waals surface area contributed by atoms with E-state index in [0.29, 0.717) is 11.5 Å². The lowest BCUT2D eigenvalue weighted by molar-refractivity contribution is 0.184. The molecule has 0 amide bonds. The monoisotopic (exact) mass is 219 g/mol. The molecular weight excluding hydrogens is 198 g/mol. The highest BCUT2D eigenvalue weighted by atomic mass is 32.2. The summed E-state index contributed by atoms with van der Waals surface area (Å²) in [6.45, 7) is 7.47. The number of nitrogens with zero attached hydrogens (tertiary/aromatic N) is 1. The van der Waals surface area contributed by atoms with Crippen LogP contribution in [0.1, 0.15) is 27.2 Å². The molecule has 0 radical (unpaired) electrons. The first kappa shape index (κ1) is 12.0. The van der Waals surface area contributed by atoms with Crippen molar-refractivity contribution in [1.29, 1.82) is 0 Å². The van der Waals surface area contributed by atoms with Gasteiger partial charge < -0.3 is 4.90 Å². The Hall–Kier alpha value is -0.0900. The van der Waals surface area contributed by atoms with Gasteiger partial charge in [-0.3, -0.25) is 0 Å². The summed E-state index contributed by atoms with van der Waals surface area (Å²) in [5, 5.41) is 0. The fourth-order valence-corrected chi connectivity index (χ4v) is 3.81. The van der Waals surface area contributed by atoms with Crippen molar-refractivity contribution in [3.05, 3.63) is 0 Å². The molecule has 0 aromatic rings. The van der Waals surface area contributed by atoms with Crippen LogP contribution in [0.3, 0.4) is 0 Å². The van der Waals surface area contributed by atoms with E-state index in [1.807, 2.05) is 7.05 Å². The third-order valence-corrected chi connectivity index (χ3v) is 4.31. The SMILES string of the molecule is CN(CC(C)(C)C)C1CCS(=O)(=O)C1. The highest BCUT2D eigenvalue weighted by Gasteiger charge is 2.31. The van der Waals surface area contributed by atoms with Crippen LogP contribution in [0, 0.1) is 5.41 Å². The zero-order valence-electron chi connectivity index (χ0n) is 9.58. The Labute approximate surface area is 87.4 Å². The summed E-state index contributed by atoms with van der Waals surface area (Å²) in [6.07, 6.45) is 0.801. The molecule has 1 unspecified atom stereocenters. The summed E-state index contributed by atoms with van der Waals surface area (Å²) >= 11 is 0. The lowest BCUT2D eigenvalue weighted by Crippen LogP contribution is -2.38. The summed E-state index contributed by atoms with van der Waals surface area (Å²) in [4.78, 5) is 2.19. The largest absolute Gasteiger partial charge is 0.302 e. The van der Waals surface area contributed by atoms with Gasteiger partial charge in [0.05, 0.1) is 11.5 Å². The molecule has 1 rings (SSSR count). The van der Waals surface area contributed by atoms with Crippen LogP contribution < -0.4 is 0 Å². The van der Waals surface area contributed by atoms with Crippen LogP contribution in [0.25, 0.3) is 0 Å². The molecule has 1 aliphatic rings. The first-order valence-corrected chi connectivity index (χ1v) is 6.92. The second-order valence-electron chi connectivity index (χ2n) is 5.53. The molecule has 3 nitrogen and oxygen atoms in total. The molecule has 1 heterocycles. The van der Waals surface area contributed by atoms with Crippen molar-refractivity contribution in [2.75, 3.05) is 25.1 Å². The van der Waals surface area contributed by atoms with Gasteiger partial charge in [-0.15, -0.1) is 0 Å². The topological polar surface area (TPSA) is 37.4 Å². The van der Waals surface area contributed by atoms with Crippen LogP contribution in [-0.4, -0.2) is 44.5 Å². The second kappa shape index (κ2) is 3.81. The Balaban J connectivity index is 2.52. The molecular formula is C10H21NO2S. The maximum atomic E-state index is 11.3. The van der Waals surface area contributed by atoms with Gasteiger partial charge in [-0.2, -0.15) is 0 Å². The zero-order chi connectivity index (χ0) is 11.0. The van der Waals surface area contributed by atoms with E-state index in [4.69, 9.17) is 0 Å². The molecule has 0 aliphatic carbocycles. The van der Waals surface area contributed by atoms with Gasteiger partial charge in [-0.1, -0.05) is 20.8 Å². The van der Waals surface area contributed by atoms with Gasteiger partial charge in [-0.05, 0) is 18.9 Å². The fraction of sp³-hybridized carbons (Fsp3) is 1.00. The number of hydrogen-bond donors (Lipinski definition) is 0. The van der Waals surface area contributed by atoms with Crippen LogP contribution in [0.5, 0.6) is 0 Å². The first-order chi connectivity index (χ1) is 6.20. The van der Waals surface area contributed by atoms with Gasteiger partial charge in [-0.25, -0.2) is 8.42 Å². The molecule has 0 N–H and O–H groups in total. The van der Waals surface area contributed by atoms with Crippen molar-refractivity contribution in [3.8, 4) is 0 Å². The Kier molecular flexibility index (Phi) is 3.26. The van der Waals surface area contributed by atoms with E-state index in [1.165, 1.54) is 0 Å². The van der Waals surface area contributed by atoms with Gasteiger partial charge in [0.25, 0.3) is 0 Å². The lowest BCUT2D eigenvalue weighted by Gasteiger charge is -2.30. The van der Waals surface area contributed by atoms with Gasteiger partial charge in [0, 0.05) is 12.6 Å². The van der Waals surface area contributed by atoms with E-state index in [1.54, 1.807) is 0 Å². The molecule has 4 heteroatoms. The molecule has 1 fully saturated rings. The molecule has 0 spiro atoms. The molecule has 0 aromatic heterocycles. The maximum Gasteiger partial charge on any atom is 0.151 e. The van der Waals surface area contributed by atoms with Crippen LogP contribution in [0.2, 0.25) is 0 Å². The van der Waals surface area contributed by atoms with Gasteiger partial charge in [0.2, 0.25) is 0 Å². The van der Waals surface area contributed by atoms with E-state index in [-0.39, 0.29) is 11.5 Å². The summed E-state index contributed by atoms with van der Waals surface area (Å²) in [5.74, 6) is 0.714. The third kappa shape index (κ3) is 3.58.